The van der Waals surface area contributed by atoms with Crippen LogP contribution in [-0.2, 0) is 10.3 Å². The van der Waals surface area contributed by atoms with Crippen molar-refractivity contribution in [3.63, 3.8) is 0 Å². The van der Waals surface area contributed by atoms with Gasteiger partial charge in [0, 0.05) is 11.9 Å². The van der Waals surface area contributed by atoms with Gasteiger partial charge in [-0.15, -0.1) is 0 Å². The molecule has 1 rings (SSSR count). The molecule has 0 bridgehead atoms. The predicted molar refractivity (Wildman–Crippen MR) is 66.2 cm³/mol. The highest BCUT2D eigenvalue weighted by Gasteiger charge is 2.14. The second-order valence-electron chi connectivity index (χ2n) is 2.69. The fraction of sp³-hybridized carbons (Fsp3) is 0.429. The maximum atomic E-state index is 11.4. The van der Waals surface area contributed by atoms with Gasteiger partial charge in [-0.3, -0.25) is 4.28 Å². The standard InChI is InChI=1S/C7H11N3O3S3/c1-2-5-15-7(14)9-16(11,12)13-10-4-3-8-6-10/h3-4,6H,2,5H2,1H3,(H,9,14). The Kier molecular flexibility index (Phi) is 5.03. The maximum Gasteiger partial charge on any atom is 0.426 e. The van der Waals surface area contributed by atoms with Gasteiger partial charge in [0.25, 0.3) is 0 Å². The molecule has 0 spiro atoms. The van der Waals surface area contributed by atoms with Gasteiger partial charge in [0.05, 0.1) is 6.20 Å². The van der Waals surface area contributed by atoms with Crippen molar-refractivity contribution in [2.45, 2.75) is 13.3 Å². The average molecular weight is 281 g/mol. The van der Waals surface area contributed by atoms with Crippen LogP contribution in [0.3, 0.4) is 0 Å². The van der Waals surface area contributed by atoms with Crippen molar-refractivity contribution >= 4 is 38.6 Å². The topological polar surface area (TPSA) is 73.2 Å². The monoisotopic (exact) mass is 281 g/mol. The second-order valence-corrected chi connectivity index (χ2v) is 5.72. The van der Waals surface area contributed by atoms with Gasteiger partial charge in [-0.2, -0.15) is 13.1 Å². The van der Waals surface area contributed by atoms with Gasteiger partial charge in [-0.25, -0.2) is 9.71 Å². The maximum absolute atomic E-state index is 11.4. The largest absolute Gasteiger partial charge is 0.426 e. The summed E-state index contributed by atoms with van der Waals surface area (Å²) in [6.45, 7) is 1.98. The zero-order valence-electron chi connectivity index (χ0n) is 8.49. The van der Waals surface area contributed by atoms with Gasteiger partial charge in [-0.1, -0.05) is 30.9 Å². The van der Waals surface area contributed by atoms with E-state index in [1.807, 2.05) is 6.92 Å². The lowest BCUT2D eigenvalue weighted by molar-refractivity contribution is 0.276. The second kappa shape index (κ2) is 6.06. The number of thioether (sulfide) groups is 1. The summed E-state index contributed by atoms with van der Waals surface area (Å²) in [4.78, 5) is 3.64. The van der Waals surface area contributed by atoms with Gasteiger partial charge in [0.1, 0.15) is 10.6 Å². The highest BCUT2D eigenvalue weighted by Crippen LogP contribution is 2.04. The van der Waals surface area contributed by atoms with E-state index in [2.05, 4.69) is 14.0 Å². The molecule has 0 radical (unpaired) electrons. The Balaban J connectivity index is 2.49. The summed E-state index contributed by atoms with van der Waals surface area (Å²) >= 11 is 6.08. The molecule has 0 aliphatic heterocycles. The van der Waals surface area contributed by atoms with E-state index in [9.17, 15) is 8.42 Å². The highest BCUT2D eigenvalue weighted by atomic mass is 32.2. The molecule has 0 fully saturated rings. The van der Waals surface area contributed by atoms with Crippen LogP contribution in [0.1, 0.15) is 13.3 Å². The summed E-state index contributed by atoms with van der Waals surface area (Å²) in [5.41, 5.74) is 0. The number of rotatable bonds is 5. The molecule has 0 saturated heterocycles. The van der Waals surface area contributed by atoms with Crippen molar-refractivity contribution in [3.05, 3.63) is 18.7 Å². The van der Waals surface area contributed by atoms with Crippen LogP contribution in [0.4, 0.5) is 0 Å². The Morgan fingerprint density at radius 3 is 3.00 bits per heavy atom. The van der Waals surface area contributed by atoms with Crippen molar-refractivity contribution in [2.24, 2.45) is 0 Å². The first-order valence-corrected chi connectivity index (χ1v) is 7.21. The molecule has 6 nitrogen and oxygen atoms in total. The first-order chi connectivity index (χ1) is 7.53. The minimum absolute atomic E-state index is 0.168. The third-order valence-corrected chi connectivity index (χ3v) is 3.82. The van der Waals surface area contributed by atoms with Gasteiger partial charge >= 0.3 is 10.3 Å². The van der Waals surface area contributed by atoms with Crippen LogP contribution in [0.25, 0.3) is 0 Å². The van der Waals surface area contributed by atoms with E-state index >= 15 is 0 Å². The van der Waals surface area contributed by atoms with E-state index < -0.39 is 10.3 Å². The van der Waals surface area contributed by atoms with Crippen molar-refractivity contribution in [1.82, 2.24) is 14.4 Å². The lowest BCUT2D eigenvalue weighted by Gasteiger charge is -2.08. The van der Waals surface area contributed by atoms with Crippen LogP contribution in [0.2, 0.25) is 0 Å². The number of nitrogens with one attached hydrogen (secondary N) is 1. The van der Waals surface area contributed by atoms with Crippen LogP contribution in [0.15, 0.2) is 18.7 Å². The van der Waals surface area contributed by atoms with E-state index in [1.165, 1.54) is 30.5 Å². The normalized spacial score (nSPS) is 11.1. The van der Waals surface area contributed by atoms with E-state index in [0.29, 0.717) is 0 Å². The Morgan fingerprint density at radius 1 is 1.69 bits per heavy atom. The third kappa shape index (κ3) is 4.81. The number of imidazole rings is 1. The summed E-state index contributed by atoms with van der Waals surface area (Å²) in [5, 5.41) is 0. The molecule has 0 saturated carbocycles. The van der Waals surface area contributed by atoms with Crippen LogP contribution in [0.5, 0.6) is 0 Å². The molecule has 0 unspecified atom stereocenters. The molecule has 1 aromatic heterocycles. The number of hydrogen-bond donors (Lipinski definition) is 1. The van der Waals surface area contributed by atoms with Gasteiger partial charge < -0.3 is 0 Å². The molecule has 1 N–H and O–H groups in total. The smallest absolute Gasteiger partial charge is 0.270 e. The summed E-state index contributed by atoms with van der Waals surface area (Å²) in [6, 6.07) is 0. The van der Waals surface area contributed by atoms with E-state index in [-0.39, 0.29) is 4.32 Å². The Hall–Kier alpha value is -0.800. The van der Waals surface area contributed by atoms with Crippen LogP contribution in [-0.4, -0.2) is 28.2 Å². The Bertz CT molecular complexity index is 429. The molecule has 0 aliphatic rings. The zero-order chi connectivity index (χ0) is 12.0. The molecule has 0 aliphatic carbocycles. The van der Waals surface area contributed by atoms with Gasteiger partial charge in [-0.05, 0) is 6.42 Å². The Morgan fingerprint density at radius 2 is 2.44 bits per heavy atom. The molecule has 0 atom stereocenters. The van der Waals surface area contributed by atoms with Crippen LogP contribution < -0.4 is 9.01 Å². The SMILES string of the molecule is CCCSC(=S)NS(=O)(=O)On1ccnc1. The fourth-order valence-electron chi connectivity index (χ4n) is 0.749. The quantitative estimate of drug-likeness (QED) is 0.796. The molecule has 16 heavy (non-hydrogen) atoms. The van der Waals surface area contributed by atoms with Gasteiger partial charge in [0.2, 0.25) is 0 Å². The first kappa shape index (κ1) is 13.3. The molecular formula is C7H11N3O3S3. The van der Waals surface area contributed by atoms with Crippen molar-refractivity contribution < 1.29 is 12.7 Å². The predicted octanol–water partition coefficient (Wildman–Crippen LogP) is 0.574. The summed E-state index contributed by atoms with van der Waals surface area (Å²) in [7, 11) is -3.92. The highest BCUT2D eigenvalue weighted by molar-refractivity contribution is 8.23. The summed E-state index contributed by atoms with van der Waals surface area (Å²) < 4.78 is 30.6. The van der Waals surface area contributed by atoms with Crippen molar-refractivity contribution in [2.75, 3.05) is 5.75 Å². The molecule has 1 aromatic rings. The number of thiocarbonyl (C=S) groups is 1. The zero-order valence-corrected chi connectivity index (χ0v) is 10.9. The molecular weight excluding hydrogens is 270 g/mol. The van der Waals surface area contributed by atoms with E-state index in [1.54, 1.807) is 0 Å². The minimum atomic E-state index is -3.92. The van der Waals surface area contributed by atoms with E-state index in [0.717, 1.165) is 16.9 Å². The van der Waals surface area contributed by atoms with Crippen LogP contribution >= 0.6 is 24.0 Å². The summed E-state index contributed by atoms with van der Waals surface area (Å²) in [6.07, 6.45) is 4.90. The number of hydrogen-bond acceptors (Lipinski definition) is 6. The number of aromatic nitrogens is 2. The fourth-order valence-corrected chi connectivity index (χ4v) is 2.79. The lowest BCUT2D eigenvalue weighted by Crippen LogP contribution is -2.35. The van der Waals surface area contributed by atoms with Crippen molar-refractivity contribution in [3.8, 4) is 0 Å². The molecule has 0 amide bonds. The first-order valence-electron chi connectivity index (χ1n) is 4.41. The minimum Gasteiger partial charge on any atom is -0.270 e. The summed E-state index contributed by atoms with van der Waals surface area (Å²) in [5.74, 6) is 0.756. The average Bonchev–Trinajstić information content (AvgIpc) is 2.65. The Labute approximate surface area is 104 Å². The van der Waals surface area contributed by atoms with Crippen LogP contribution in [0, 0.1) is 0 Å². The molecule has 90 valence electrons. The van der Waals surface area contributed by atoms with E-state index in [4.69, 9.17) is 12.2 Å². The van der Waals surface area contributed by atoms with Crippen molar-refractivity contribution in [1.29, 1.82) is 0 Å². The molecule has 1 heterocycles. The lowest BCUT2D eigenvalue weighted by atomic mass is 10.6. The third-order valence-electron chi connectivity index (χ3n) is 1.31. The molecule has 0 aromatic carbocycles. The molecule has 9 heteroatoms. The van der Waals surface area contributed by atoms with Gasteiger partial charge in [0.15, 0.2) is 0 Å². The number of nitrogens with zero attached hydrogens (tertiary/aromatic N) is 2.